The van der Waals surface area contributed by atoms with E-state index in [0.29, 0.717) is 32.2 Å². The summed E-state index contributed by atoms with van der Waals surface area (Å²) in [5.41, 5.74) is 1.99. The standard InChI is InChI=1S/C16H16O4.C6H14O4.C6H6O/c1-4-20-16(19)12(3)10-14-8-6-5-7-13(14)9-11(2)15(17)18;7-1-3-9-5-6-10-4-2-8;7-6-4-2-1-3-5-6/h4-8H,1-3,9-10H2,(H,17,18);7-8H,1-6H2;1-5,7H. The van der Waals surface area contributed by atoms with E-state index in [1.807, 2.05) is 18.2 Å². The number of para-hydroxylation sites is 1. The maximum absolute atomic E-state index is 11.5. The fraction of sp³-hybridized carbons (Fsp3) is 0.286. The summed E-state index contributed by atoms with van der Waals surface area (Å²) in [6, 6.07) is 15.9. The first-order valence-corrected chi connectivity index (χ1v) is 11.4. The summed E-state index contributed by atoms with van der Waals surface area (Å²) in [7, 11) is 0. The topological polar surface area (TPSA) is 143 Å². The molecule has 0 aliphatic heterocycles. The van der Waals surface area contributed by atoms with Gasteiger partial charge in [0.05, 0.1) is 45.9 Å². The summed E-state index contributed by atoms with van der Waals surface area (Å²) in [6.45, 7) is 12.2. The Balaban J connectivity index is 0.000000628. The Morgan fingerprint density at radius 1 is 0.757 bits per heavy atom. The number of carbonyl (C=O) groups is 2. The molecule has 0 saturated carbocycles. The van der Waals surface area contributed by atoms with Crippen molar-refractivity contribution >= 4 is 11.9 Å². The zero-order valence-corrected chi connectivity index (χ0v) is 20.9. The molecule has 9 heteroatoms. The van der Waals surface area contributed by atoms with E-state index in [-0.39, 0.29) is 37.2 Å². The van der Waals surface area contributed by atoms with Crippen molar-refractivity contribution in [2.75, 3.05) is 39.6 Å². The highest BCUT2D eigenvalue weighted by Gasteiger charge is 2.13. The number of esters is 1. The number of ether oxygens (including phenoxy) is 3. The molecule has 0 spiro atoms. The number of benzene rings is 2. The van der Waals surface area contributed by atoms with Crippen molar-refractivity contribution in [1.29, 1.82) is 0 Å². The normalized spacial score (nSPS) is 9.57. The molecule has 0 aromatic heterocycles. The predicted octanol–water partition coefficient (Wildman–Crippen LogP) is 3.05. The van der Waals surface area contributed by atoms with Gasteiger partial charge in [0.25, 0.3) is 0 Å². The maximum atomic E-state index is 11.5. The molecule has 37 heavy (non-hydrogen) atoms. The van der Waals surface area contributed by atoms with Crippen LogP contribution in [0.25, 0.3) is 0 Å². The van der Waals surface area contributed by atoms with Gasteiger partial charge in [-0.25, -0.2) is 9.59 Å². The van der Waals surface area contributed by atoms with E-state index in [1.165, 1.54) is 0 Å². The van der Waals surface area contributed by atoms with Crippen LogP contribution in [0.1, 0.15) is 11.1 Å². The van der Waals surface area contributed by atoms with Gasteiger partial charge in [-0.3, -0.25) is 0 Å². The molecule has 0 atom stereocenters. The van der Waals surface area contributed by atoms with Crippen molar-refractivity contribution < 1.29 is 44.2 Å². The number of aliphatic hydroxyl groups is 2. The minimum atomic E-state index is -1.04. The monoisotopic (exact) mass is 516 g/mol. The maximum Gasteiger partial charge on any atom is 0.338 e. The Hall–Kier alpha value is -3.76. The van der Waals surface area contributed by atoms with Gasteiger partial charge in [-0.1, -0.05) is 62.2 Å². The number of phenols is 1. The summed E-state index contributed by atoms with van der Waals surface area (Å²) < 4.78 is 14.4. The van der Waals surface area contributed by atoms with Crippen LogP contribution in [0.2, 0.25) is 0 Å². The molecule has 0 saturated heterocycles. The molecule has 0 bridgehead atoms. The van der Waals surface area contributed by atoms with Gasteiger partial charge in [0.15, 0.2) is 0 Å². The minimum Gasteiger partial charge on any atom is -0.508 e. The van der Waals surface area contributed by atoms with Crippen LogP contribution in [-0.2, 0) is 36.6 Å². The third kappa shape index (κ3) is 17.3. The van der Waals surface area contributed by atoms with Gasteiger partial charge >= 0.3 is 11.9 Å². The Morgan fingerprint density at radius 3 is 1.59 bits per heavy atom. The highest BCUT2D eigenvalue weighted by Crippen LogP contribution is 2.17. The first-order valence-electron chi connectivity index (χ1n) is 11.4. The summed E-state index contributed by atoms with van der Waals surface area (Å²) in [5, 5.41) is 34.0. The van der Waals surface area contributed by atoms with Gasteiger partial charge in [0, 0.05) is 24.0 Å². The van der Waals surface area contributed by atoms with Crippen molar-refractivity contribution in [1.82, 2.24) is 0 Å². The minimum absolute atomic E-state index is 0.0417. The Morgan fingerprint density at radius 2 is 1.22 bits per heavy atom. The smallest absolute Gasteiger partial charge is 0.338 e. The lowest BCUT2D eigenvalue weighted by Crippen LogP contribution is -2.09. The van der Waals surface area contributed by atoms with Gasteiger partial charge < -0.3 is 34.6 Å². The quantitative estimate of drug-likeness (QED) is 0.129. The fourth-order valence-corrected chi connectivity index (χ4v) is 2.55. The molecular weight excluding hydrogens is 480 g/mol. The number of aliphatic hydroxyl groups excluding tert-OH is 2. The molecule has 202 valence electrons. The molecule has 0 unspecified atom stereocenters. The number of phenolic OH excluding ortho intramolecular Hbond substituents is 1. The van der Waals surface area contributed by atoms with E-state index in [0.717, 1.165) is 17.4 Å². The molecule has 9 nitrogen and oxygen atoms in total. The molecule has 0 aliphatic rings. The second-order valence-electron chi connectivity index (χ2n) is 7.21. The highest BCUT2D eigenvalue weighted by molar-refractivity contribution is 5.89. The summed E-state index contributed by atoms with van der Waals surface area (Å²) in [4.78, 5) is 22.3. The van der Waals surface area contributed by atoms with E-state index in [9.17, 15) is 9.59 Å². The van der Waals surface area contributed by atoms with Gasteiger partial charge in [-0.15, -0.1) is 0 Å². The average molecular weight is 517 g/mol. The SMILES string of the molecule is C=COC(=O)C(=C)Cc1ccccc1CC(=C)C(=O)O.OCCOCCOCCO.Oc1ccccc1. The van der Waals surface area contributed by atoms with E-state index in [1.54, 1.807) is 36.4 Å². The van der Waals surface area contributed by atoms with Crippen LogP contribution in [0.15, 0.2) is 91.7 Å². The lowest BCUT2D eigenvalue weighted by atomic mass is 9.96. The van der Waals surface area contributed by atoms with Crippen molar-refractivity contribution in [2.24, 2.45) is 0 Å². The zero-order chi connectivity index (χ0) is 27.9. The Bertz CT molecular complexity index is 947. The van der Waals surface area contributed by atoms with Crippen LogP contribution in [0.4, 0.5) is 0 Å². The first kappa shape index (κ1) is 33.2. The molecular formula is C28H36O9. The van der Waals surface area contributed by atoms with Crippen molar-refractivity contribution in [3.63, 3.8) is 0 Å². The lowest BCUT2D eigenvalue weighted by Gasteiger charge is -2.10. The largest absolute Gasteiger partial charge is 0.508 e. The Labute approximate surface area is 217 Å². The molecule has 0 heterocycles. The number of hydrogen-bond acceptors (Lipinski definition) is 8. The van der Waals surface area contributed by atoms with Crippen molar-refractivity contribution in [3.05, 3.63) is 103 Å². The third-order valence-electron chi connectivity index (χ3n) is 4.31. The number of carbonyl (C=O) groups excluding carboxylic acids is 1. The van der Waals surface area contributed by atoms with E-state index < -0.39 is 11.9 Å². The molecule has 2 rings (SSSR count). The van der Waals surface area contributed by atoms with E-state index in [4.69, 9.17) is 29.9 Å². The summed E-state index contributed by atoms with van der Waals surface area (Å²) in [6.07, 6.45) is 1.55. The molecule has 0 radical (unpaired) electrons. The van der Waals surface area contributed by atoms with Crippen LogP contribution >= 0.6 is 0 Å². The number of carboxylic acids is 1. The second-order valence-corrected chi connectivity index (χ2v) is 7.21. The van der Waals surface area contributed by atoms with E-state index in [2.05, 4.69) is 24.5 Å². The van der Waals surface area contributed by atoms with Crippen molar-refractivity contribution in [3.8, 4) is 5.75 Å². The highest BCUT2D eigenvalue weighted by atomic mass is 16.5. The van der Waals surface area contributed by atoms with Crippen LogP contribution in [0, 0.1) is 0 Å². The number of rotatable bonds is 14. The van der Waals surface area contributed by atoms with Gasteiger partial charge in [-0.05, 0) is 23.3 Å². The van der Waals surface area contributed by atoms with Crippen LogP contribution in [0.3, 0.4) is 0 Å². The van der Waals surface area contributed by atoms with Crippen LogP contribution in [-0.4, -0.2) is 72.0 Å². The number of carboxylic acid groups (broad SMARTS) is 1. The van der Waals surface area contributed by atoms with Crippen LogP contribution in [0.5, 0.6) is 5.75 Å². The van der Waals surface area contributed by atoms with E-state index >= 15 is 0 Å². The van der Waals surface area contributed by atoms with Gasteiger partial charge in [0.1, 0.15) is 5.75 Å². The zero-order valence-electron chi connectivity index (χ0n) is 20.9. The fourth-order valence-electron chi connectivity index (χ4n) is 2.55. The molecule has 0 fully saturated rings. The molecule has 2 aromatic rings. The number of hydrogen-bond donors (Lipinski definition) is 4. The van der Waals surface area contributed by atoms with Gasteiger partial charge in [-0.2, -0.15) is 0 Å². The molecule has 2 aromatic carbocycles. The molecule has 4 N–H and O–H groups in total. The average Bonchev–Trinajstić information content (AvgIpc) is 2.88. The van der Waals surface area contributed by atoms with Crippen LogP contribution < -0.4 is 0 Å². The summed E-state index contributed by atoms with van der Waals surface area (Å²) >= 11 is 0. The van der Waals surface area contributed by atoms with Crippen molar-refractivity contribution in [2.45, 2.75) is 12.8 Å². The lowest BCUT2D eigenvalue weighted by molar-refractivity contribution is -0.134. The third-order valence-corrected chi connectivity index (χ3v) is 4.31. The molecule has 0 aliphatic carbocycles. The first-order chi connectivity index (χ1) is 17.8. The predicted molar refractivity (Wildman–Crippen MR) is 140 cm³/mol. The molecule has 0 amide bonds. The number of aromatic hydroxyl groups is 1. The summed E-state index contributed by atoms with van der Waals surface area (Å²) in [5.74, 6) is -1.26. The number of aliphatic carboxylic acids is 1. The Kier molecular flexibility index (Phi) is 19.3. The van der Waals surface area contributed by atoms with Gasteiger partial charge in [0.2, 0.25) is 0 Å². The second kappa shape index (κ2) is 21.5.